The molecule has 0 amide bonds. The van der Waals surface area contributed by atoms with Crippen molar-refractivity contribution >= 4 is 0 Å². The van der Waals surface area contributed by atoms with Crippen molar-refractivity contribution in [3.63, 3.8) is 0 Å². The molecule has 1 aromatic heterocycles. The third-order valence-corrected chi connectivity index (χ3v) is 4.08. The summed E-state index contributed by atoms with van der Waals surface area (Å²) in [5.74, 6) is 0. The predicted octanol–water partition coefficient (Wildman–Crippen LogP) is 4.83. The molecule has 0 atom stereocenters. The van der Waals surface area contributed by atoms with Crippen LogP contribution in [0.25, 0.3) is 11.3 Å². The molecule has 1 aromatic carbocycles. The number of rotatable bonds is 4. The van der Waals surface area contributed by atoms with Crippen LogP contribution in [0.3, 0.4) is 0 Å². The Labute approximate surface area is 110 Å². The fourth-order valence-electron chi connectivity index (χ4n) is 2.39. The molecule has 0 aliphatic carbocycles. The lowest BCUT2D eigenvalue weighted by atomic mass is 9.75. The van der Waals surface area contributed by atoms with Crippen LogP contribution in [0.4, 0.5) is 0 Å². The van der Waals surface area contributed by atoms with Crippen molar-refractivity contribution in [3.05, 3.63) is 54.2 Å². The first kappa shape index (κ1) is 12.8. The molecule has 2 rings (SSSR count). The third-order valence-electron chi connectivity index (χ3n) is 4.08. The molecule has 0 spiro atoms. The van der Waals surface area contributed by atoms with Crippen LogP contribution in [0.1, 0.15) is 39.2 Å². The van der Waals surface area contributed by atoms with Crippen LogP contribution in [0.5, 0.6) is 0 Å². The zero-order chi connectivity index (χ0) is 13.0. The van der Waals surface area contributed by atoms with E-state index in [1.807, 2.05) is 18.3 Å². The van der Waals surface area contributed by atoms with Gasteiger partial charge in [-0.1, -0.05) is 51.1 Å². The van der Waals surface area contributed by atoms with Crippen molar-refractivity contribution in [3.8, 4) is 11.3 Å². The number of benzene rings is 1. The van der Waals surface area contributed by atoms with Crippen LogP contribution in [0, 0.1) is 0 Å². The largest absolute Gasteiger partial charge is 0.256 e. The minimum absolute atomic E-state index is 0.230. The van der Waals surface area contributed by atoms with Crippen molar-refractivity contribution in [2.75, 3.05) is 0 Å². The number of aromatic nitrogens is 1. The van der Waals surface area contributed by atoms with Gasteiger partial charge in [0, 0.05) is 11.8 Å². The zero-order valence-corrected chi connectivity index (χ0v) is 11.5. The Morgan fingerprint density at radius 2 is 1.61 bits per heavy atom. The molecule has 0 radical (unpaired) electrons. The third kappa shape index (κ3) is 2.31. The van der Waals surface area contributed by atoms with Gasteiger partial charge >= 0.3 is 0 Å². The van der Waals surface area contributed by atoms with Crippen molar-refractivity contribution in [2.24, 2.45) is 0 Å². The average molecular weight is 239 g/mol. The fraction of sp³-hybridized carbons (Fsp3) is 0.353. The van der Waals surface area contributed by atoms with Gasteiger partial charge in [-0.2, -0.15) is 0 Å². The maximum Gasteiger partial charge on any atom is 0.0704 e. The molecule has 1 nitrogen and oxygen atoms in total. The molecule has 0 bridgehead atoms. The van der Waals surface area contributed by atoms with E-state index in [2.05, 4.69) is 56.1 Å². The SMILES string of the molecule is CCC(C)(CC)c1ccccc1-c1ccccn1. The van der Waals surface area contributed by atoms with Crippen LogP contribution >= 0.6 is 0 Å². The van der Waals surface area contributed by atoms with Crippen LogP contribution in [-0.4, -0.2) is 4.98 Å². The molecule has 0 aliphatic rings. The van der Waals surface area contributed by atoms with Crippen LogP contribution in [0.15, 0.2) is 48.7 Å². The second-order valence-corrected chi connectivity index (χ2v) is 5.03. The van der Waals surface area contributed by atoms with Crippen LogP contribution in [-0.2, 0) is 5.41 Å². The Hall–Kier alpha value is -1.63. The highest BCUT2D eigenvalue weighted by atomic mass is 14.7. The van der Waals surface area contributed by atoms with E-state index >= 15 is 0 Å². The maximum absolute atomic E-state index is 4.49. The van der Waals surface area contributed by atoms with E-state index in [-0.39, 0.29) is 5.41 Å². The Morgan fingerprint density at radius 1 is 0.944 bits per heavy atom. The van der Waals surface area contributed by atoms with Gasteiger partial charge in [-0.3, -0.25) is 4.98 Å². The van der Waals surface area contributed by atoms with Crippen molar-refractivity contribution in [1.82, 2.24) is 4.98 Å². The van der Waals surface area contributed by atoms with E-state index in [1.54, 1.807) is 0 Å². The monoisotopic (exact) mass is 239 g/mol. The van der Waals surface area contributed by atoms with Gasteiger partial charge in [-0.25, -0.2) is 0 Å². The second kappa shape index (κ2) is 5.34. The molecule has 18 heavy (non-hydrogen) atoms. The number of nitrogens with zero attached hydrogens (tertiary/aromatic N) is 1. The Kier molecular flexibility index (Phi) is 3.81. The normalized spacial score (nSPS) is 11.5. The quantitative estimate of drug-likeness (QED) is 0.745. The summed E-state index contributed by atoms with van der Waals surface area (Å²) in [5.41, 5.74) is 3.98. The summed E-state index contributed by atoms with van der Waals surface area (Å²) < 4.78 is 0. The van der Waals surface area contributed by atoms with Crippen molar-refractivity contribution < 1.29 is 0 Å². The lowest BCUT2D eigenvalue weighted by Crippen LogP contribution is -2.20. The molecule has 0 aliphatic heterocycles. The van der Waals surface area contributed by atoms with Gasteiger partial charge in [0.2, 0.25) is 0 Å². The van der Waals surface area contributed by atoms with E-state index in [0.29, 0.717) is 0 Å². The molecule has 0 fully saturated rings. The predicted molar refractivity (Wildman–Crippen MR) is 77.6 cm³/mol. The first-order valence-corrected chi connectivity index (χ1v) is 6.72. The summed E-state index contributed by atoms with van der Waals surface area (Å²) in [6, 6.07) is 14.8. The summed E-state index contributed by atoms with van der Waals surface area (Å²) in [6.07, 6.45) is 4.15. The fourth-order valence-corrected chi connectivity index (χ4v) is 2.39. The molecule has 0 saturated carbocycles. The summed E-state index contributed by atoms with van der Waals surface area (Å²) >= 11 is 0. The van der Waals surface area contributed by atoms with E-state index in [0.717, 1.165) is 18.5 Å². The Balaban J connectivity index is 2.57. The standard InChI is InChI=1S/C17H21N/c1-4-17(3,5-2)15-11-7-6-10-14(15)16-12-8-9-13-18-16/h6-13H,4-5H2,1-3H3. The van der Waals surface area contributed by atoms with Gasteiger partial charge in [-0.05, 0) is 36.0 Å². The number of hydrogen-bond donors (Lipinski definition) is 0. The molecule has 0 saturated heterocycles. The average Bonchev–Trinajstić information content (AvgIpc) is 2.47. The molecule has 0 unspecified atom stereocenters. The molecular formula is C17H21N. The molecule has 1 heterocycles. The molecule has 94 valence electrons. The smallest absolute Gasteiger partial charge is 0.0704 e. The minimum atomic E-state index is 0.230. The Bertz CT molecular complexity index is 498. The first-order valence-electron chi connectivity index (χ1n) is 6.72. The van der Waals surface area contributed by atoms with Gasteiger partial charge < -0.3 is 0 Å². The van der Waals surface area contributed by atoms with Gasteiger partial charge in [0.05, 0.1) is 5.69 Å². The van der Waals surface area contributed by atoms with Crippen molar-refractivity contribution in [1.29, 1.82) is 0 Å². The van der Waals surface area contributed by atoms with Crippen LogP contribution in [0.2, 0.25) is 0 Å². The highest BCUT2D eigenvalue weighted by molar-refractivity contribution is 5.65. The van der Waals surface area contributed by atoms with E-state index < -0.39 is 0 Å². The molecule has 0 N–H and O–H groups in total. The molecular weight excluding hydrogens is 218 g/mol. The summed E-state index contributed by atoms with van der Waals surface area (Å²) in [6.45, 7) is 6.87. The van der Waals surface area contributed by atoms with E-state index in [4.69, 9.17) is 0 Å². The Morgan fingerprint density at radius 3 is 2.22 bits per heavy atom. The summed E-state index contributed by atoms with van der Waals surface area (Å²) in [5, 5.41) is 0. The number of hydrogen-bond acceptors (Lipinski definition) is 1. The lowest BCUT2D eigenvalue weighted by Gasteiger charge is -2.29. The topological polar surface area (TPSA) is 12.9 Å². The van der Waals surface area contributed by atoms with Gasteiger partial charge in [0.1, 0.15) is 0 Å². The summed E-state index contributed by atoms with van der Waals surface area (Å²) in [7, 11) is 0. The molecule has 1 heteroatoms. The lowest BCUT2D eigenvalue weighted by molar-refractivity contribution is 0.440. The minimum Gasteiger partial charge on any atom is -0.256 e. The van der Waals surface area contributed by atoms with Crippen molar-refractivity contribution in [2.45, 2.75) is 39.0 Å². The first-order chi connectivity index (χ1) is 8.71. The van der Waals surface area contributed by atoms with Crippen LogP contribution < -0.4 is 0 Å². The molecule has 2 aromatic rings. The van der Waals surface area contributed by atoms with Gasteiger partial charge in [0.15, 0.2) is 0 Å². The van der Waals surface area contributed by atoms with E-state index in [1.165, 1.54) is 11.1 Å². The zero-order valence-electron chi connectivity index (χ0n) is 11.5. The van der Waals surface area contributed by atoms with Gasteiger partial charge in [-0.15, -0.1) is 0 Å². The number of pyridine rings is 1. The van der Waals surface area contributed by atoms with E-state index in [9.17, 15) is 0 Å². The highest BCUT2D eigenvalue weighted by Gasteiger charge is 2.25. The maximum atomic E-state index is 4.49. The second-order valence-electron chi connectivity index (χ2n) is 5.03. The highest BCUT2D eigenvalue weighted by Crippen LogP contribution is 2.37. The van der Waals surface area contributed by atoms with Gasteiger partial charge in [0.25, 0.3) is 0 Å². The summed E-state index contributed by atoms with van der Waals surface area (Å²) in [4.78, 5) is 4.49.